The van der Waals surface area contributed by atoms with Gasteiger partial charge in [-0.1, -0.05) is 15.9 Å². The van der Waals surface area contributed by atoms with Gasteiger partial charge < -0.3 is 9.64 Å². The molecule has 0 spiro atoms. The highest BCUT2D eigenvalue weighted by molar-refractivity contribution is 9.10. The zero-order valence-electron chi connectivity index (χ0n) is 9.69. The molecule has 0 bridgehead atoms. The van der Waals surface area contributed by atoms with Crippen molar-refractivity contribution in [1.82, 2.24) is 9.80 Å². The second-order valence-corrected chi connectivity index (χ2v) is 5.86. The third-order valence-electron chi connectivity index (χ3n) is 3.38. The Bertz CT molecular complexity index is 254. The van der Waals surface area contributed by atoms with E-state index in [9.17, 15) is 4.79 Å². The third kappa shape index (κ3) is 2.76. The van der Waals surface area contributed by atoms with Crippen molar-refractivity contribution in [3.05, 3.63) is 0 Å². The van der Waals surface area contributed by atoms with Gasteiger partial charge in [0.1, 0.15) is 0 Å². The number of hydrogen-bond donors (Lipinski definition) is 0. The molecule has 5 heteroatoms. The lowest BCUT2D eigenvalue weighted by atomic mass is 10.2. The van der Waals surface area contributed by atoms with E-state index in [1.165, 1.54) is 0 Å². The molecular formula is C11H19BrN2O2. The van der Waals surface area contributed by atoms with E-state index in [4.69, 9.17) is 4.74 Å². The SMILES string of the molecule is CC(Br)C(=O)N1CCC(N2CCOCC2)C1. The molecule has 2 rings (SSSR count). The minimum absolute atomic E-state index is 0.0593. The van der Waals surface area contributed by atoms with Gasteiger partial charge in [0.25, 0.3) is 0 Å². The standard InChI is InChI=1S/C11H19BrN2O2/c1-9(12)11(15)14-3-2-10(8-14)13-4-6-16-7-5-13/h9-10H,2-8H2,1H3. The number of alkyl halides is 1. The fourth-order valence-corrected chi connectivity index (χ4v) is 2.72. The molecule has 0 aromatic rings. The lowest BCUT2D eigenvalue weighted by Gasteiger charge is -2.32. The smallest absolute Gasteiger partial charge is 0.236 e. The summed E-state index contributed by atoms with van der Waals surface area (Å²) in [5, 5.41) is 0. The first-order valence-corrected chi connectivity index (χ1v) is 6.84. The van der Waals surface area contributed by atoms with Gasteiger partial charge in [0.15, 0.2) is 0 Å². The molecule has 2 saturated heterocycles. The molecule has 2 unspecified atom stereocenters. The molecule has 2 fully saturated rings. The predicted molar refractivity (Wildman–Crippen MR) is 65.8 cm³/mol. The quantitative estimate of drug-likeness (QED) is 0.702. The lowest BCUT2D eigenvalue weighted by molar-refractivity contribution is -0.129. The third-order valence-corrected chi connectivity index (χ3v) is 3.77. The van der Waals surface area contributed by atoms with E-state index >= 15 is 0 Å². The fourth-order valence-electron chi connectivity index (χ4n) is 2.43. The van der Waals surface area contributed by atoms with Crippen LogP contribution in [0.1, 0.15) is 13.3 Å². The number of rotatable bonds is 2. The predicted octanol–water partition coefficient (Wildman–Crippen LogP) is 0.703. The molecule has 0 N–H and O–H groups in total. The minimum atomic E-state index is -0.0593. The van der Waals surface area contributed by atoms with Crippen LogP contribution < -0.4 is 0 Å². The summed E-state index contributed by atoms with van der Waals surface area (Å²) in [5.41, 5.74) is 0. The molecule has 0 radical (unpaired) electrons. The monoisotopic (exact) mass is 290 g/mol. The molecule has 2 heterocycles. The van der Waals surface area contributed by atoms with Gasteiger partial charge in [0.05, 0.1) is 18.0 Å². The van der Waals surface area contributed by atoms with Crippen LogP contribution in [0.2, 0.25) is 0 Å². The summed E-state index contributed by atoms with van der Waals surface area (Å²) in [6.07, 6.45) is 1.10. The summed E-state index contributed by atoms with van der Waals surface area (Å²) >= 11 is 3.34. The highest BCUT2D eigenvalue weighted by atomic mass is 79.9. The van der Waals surface area contributed by atoms with Crippen LogP contribution in [-0.2, 0) is 9.53 Å². The van der Waals surface area contributed by atoms with Crippen LogP contribution in [0.4, 0.5) is 0 Å². The number of halogens is 1. The van der Waals surface area contributed by atoms with Crippen LogP contribution in [0.3, 0.4) is 0 Å². The first-order chi connectivity index (χ1) is 7.68. The summed E-state index contributed by atoms with van der Waals surface area (Å²) in [4.78, 5) is 16.2. The van der Waals surface area contributed by atoms with Gasteiger partial charge >= 0.3 is 0 Å². The number of likely N-dealkylation sites (tertiary alicyclic amines) is 1. The molecule has 1 amide bonds. The fraction of sp³-hybridized carbons (Fsp3) is 0.909. The van der Waals surface area contributed by atoms with Gasteiger partial charge in [-0.2, -0.15) is 0 Å². The average Bonchev–Trinajstić information content (AvgIpc) is 2.78. The van der Waals surface area contributed by atoms with Gasteiger partial charge in [-0.3, -0.25) is 9.69 Å². The number of morpholine rings is 1. The van der Waals surface area contributed by atoms with Crippen molar-refractivity contribution in [3.8, 4) is 0 Å². The molecule has 0 aromatic heterocycles. The number of carbonyl (C=O) groups excluding carboxylic acids is 1. The highest BCUT2D eigenvalue weighted by Gasteiger charge is 2.32. The molecule has 92 valence electrons. The van der Waals surface area contributed by atoms with E-state index in [2.05, 4.69) is 20.8 Å². The lowest BCUT2D eigenvalue weighted by Crippen LogP contribution is -2.45. The molecule has 4 nitrogen and oxygen atoms in total. The number of nitrogens with zero attached hydrogens (tertiary/aromatic N) is 2. The Kier molecular flexibility index (Phi) is 4.21. The number of hydrogen-bond acceptors (Lipinski definition) is 3. The van der Waals surface area contributed by atoms with E-state index < -0.39 is 0 Å². The summed E-state index contributed by atoms with van der Waals surface area (Å²) in [6.45, 7) is 7.36. The maximum atomic E-state index is 11.8. The Morgan fingerprint density at radius 3 is 2.69 bits per heavy atom. The Labute approximate surface area is 105 Å². The zero-order chi connectivity index (χ0) is 11.5. The average molecular weight is 291 g/mol. The van der Waals surface area contributed by atoms with Crippen molar-refractivity contribution in [2.75, 3.05) is 39.4 Å². The van der Waals surface area contributed by atoms with Crippen molar-refractivity contribution in [3.63, 3.8) is 0 Å². The van der Waals surface area contributed by atoms with E-state index in [1.807, 2.05) is 11.8 Å². The maximum Gasteiger partial charge on any atom is 0.236 e. The Hall–Kier alpha value is -0.130. The first-order valence-electron chi connectivity index (χ1n) is 5.93. The van der Waals surface area contributed by atoms with E-state index in [0.717, 1.165) is 45.8 Å². The van der Waals surface area contributed by atoms with E-state index in [-0.39, 0.29) is 10.7 Å². The van der Waals surface area contributed by atoms with E-state index in [0.29, 0.717) is 6.04 Å². The molecule has 0 aromatic carbocycles. The van der Waals surface area contributed by atoms with Crippen LogP contribution in [0.25, 0.3) is 0 Å². The van der Waals surface area contributed by atoms with Crippen LogP contribution >= 0.6 is 15.9 Å². The van der Waals surface area contributed by atoms with Crippen molar-refractivity contribution >= 4 is 21.8 Å². The van der Waals surface area contributed by atoms with Crippen molar-refractivity contribution in [2.45, 2.75) is 24.2 Å². The molecule has 2 atom stereocenters. The molecule has 0 aliphatic carbocycles. The van der Waals surface area contributed by atoms with Crippen molar-refractivity contribution in [1.29, 1.82) is 0 Å². The first kappa shape index (κ1) is 12.3. The number of amides is 1. The van der Waals surface area contributed by atoms with Gasteiger partial charge in [-0.15, -0.1) is 0 Å². The maximum absolute atomic E-state index is 11.8. The summed E-state index contributed by atoms with van der Waals surface area (Å²) in [5.74, 6) is 0.218. The Balaban J connectivity index is 1.85. The van der Waals surface area contributed by atoms with Crippen LogP contribution in [-0.4, -0.2) is 66.0 Å². The van der Waals surface area contributed by atoms with Gasteiger partial charge in [-0.05, 0) is 13.3 Å². The van der Waals surface area contributed by atoms with Crippen molar-refractivity contribution in [2.24, 2.45) is 0 Å². The molecule has 2 aliphatic heterocycles. The molecule has 0 saturated carbocycles. The van der Waals surface area contributed by atoms with Crippen LogP contribution in [0.5, 0.6) is 0 Å². The molecule has 2 aliphatic rings. The summed E-state index contributed by atoms with van der Waals surface area (Å²) in [6, 6.07) is 0.541. The number of carbonyl (C=O) groups is 1. The van der Waals surface area contributed by atoms with Crippen LogP contribution in [0.15, 0.2) is 0 Å². The summed E-state index contributed by atoms with van der Waals surface area (Å²) in [7, 11) is 0. The van der Waals surface area contributed by atoms with Gasteiger partial charge in [-0.25, -0.2) is 0 Å². The van der Waals surface area contributed by atoms with E-state index in [1.54, 1.807) is 0 Å². The second kappa shape index (κ2) is 5.47. The minimum Gasteiger partial charge on any atom is -0.379 e. The van der Waals surface area contributed by atoms with Crippen LogP contribution in [0, 0.1) is 0 Å². The highest BCUT2D eigenvalue weighted by Crippen LogP contribution is 2.18. The molecular weight excluding hydrogens is 272 g/mol. The van der Waals surface area contributed by atoms with Gasteiger partial charge in [0.2, 0.25) is 5.91 Å². The molecule has 16 heavy (non-hydrogen) atoms. The zero-order valence-corrected chi connectivity index (χ0v) is 11.3. The van der Waals surface area contributed by atoms with Crippen molar-refractivity contribution < 1.29 is 9.53 Å². The number of ether oxygens (including phenoxy) is 1. The Morgan fingerprint density at radius 2 is 2.06 bits per heavy atom. The largest absolute Gasteiger partial charge is 0.379 e. The van der Waals surface area contributed by atoms with Gasteiger partial charge in [0, 0.05) is 32.2 Å². The Morgan fingerprint density at radius 1 is 1.38 bits per heavy atom. The summed E-state index contributed by atoms with van der Waals surface area (Å²) < 4.78 is 5.34. The topological polar surface area (TPSA) is 32.8 Å². The second-order valence-electron chi connectivity index (χ2n) is 4.49. The normalized spacial score (nSPS) is 29.4.